The van der Waals surface area contributed by atoms with Gasteiger partial charge in [0.25, 0.3) is 0 Å². The second-order valence-corrected chi connectivity index (χ2v) is 11.1. The first-order chi connectivity index (χ1) is 16.1. The van der Waals surface area contributed by atoms with E-state index in [1.165, 1.54) is 43.2 Å². The number of carbonyl (C=O) groups excluding carboxylic acids is 1. The number of likely N-dealkylation sites (tertiary alicyclic amines) is 1. The molecule has 0 radical (unpaired) electrons. The SMILES string of the molecule is O=C(CC1(c2ccc(F)cc2)C2CC3CC(C2)CC1C3)N1CCC(OCc2ccccc2)C1. The molecule has 0 N–H and O–H groups in total. The Kier molecular flexibility index (Phi) is 5.52. The van der Waals surface area contributed by atoms with E-state index < -0.39 is 0 Å². The number of nitrogens with zero attached hydrogens (tertiary/aromatic N) is 1. The zero-order valence-corrected chi connectivity index (χ0v) is 19.3. The molecule has 4 aliphatic carbocycles. The third-order valence-electron chi connectivity index (χ3n) is 9.25. The largest absolute Gasteiger partial charge is 0.372 e. The van der Waals surface area contributed by atoms with Crippen LogP contribution in [0, 0.1) is 29.5 Å². The van der Waals surface area contributed by atoms with Gasteiger partial charge in [0.2, 0.25) is 5.91 Å². The average Bonchev–Trinajstić information content (AvgIpc) is 3.30. The van der Waals surface area contributed by atoms with Crippen LogP contribution in [-0.4, -0.2) is 30.0 Å². The van der Waals surface area contributed by atoms with Crippen LogP contribution in [0.25, 0.3) is 0 Å². The summed E-state index contributed by atoms with van der Waals surface area (Å²) in [5.41, 5.74) is 2.24. The van der Waals surface area contributed by atoms with Crippen molar-refractivity contribution in [1.29, 1.82) is 0 Å². The Morgan fingerprint density at radius 3 is 2.27 bits per heavy atom. The molecule has 5 aliphatic rings. The standard InChI is InChI=1S/C29H34FNO2/c30-26-8-6-23(7-9-26)29(24-13-21-12-22(15-24)16-25(29)14-21)17-28(32)31-11-10-27(18-31)33-19-20-4-2-1-3-5-20/h1-9,21-22,24-25,27H,10-19H2. The van der Waals surface area contributed by atoms with Crippen molar-refractivity contribution >= 4 is 5.91 Å². The molecular weight excluding hydrogens is 413 g/mol. The lowest BCUT2D eigenvalue weighted by Gasteiger charge is -2.61. The molecule has 4 heteroatoms. The first-order valence-corrected chi connectivity index (χ1v) is 12.8. The lowest BCUT2D eigenvalue weighted by molar-refractivity contribution is -0.138. The molecule has 0 spiro atoms. The summed E-state index contributed by atoms with van der Waals surface area (Å²) in [6.45, 7) is 2.06. The highest BCUT2D eigenvalue weighted by atomic mass is 19.1. The molecule has 1 heterocycles. The summed E-state index contributed by atoms with van der Waals surface area (Å²) in [6.07, 6.45) is 7.90. The number of rotatable bonds is 6. The van der Waals surface area contributed by atoms with E-state index in [0.29, 0.717) is 31.4 Å². The Labute approximate surface area is 196 Å². The van der Waals surface area contributed by atoms with Crippen LogP contribution in [0.1, 0.15) is 56.1 Å². The van der Waals surface area contributed by atoms with Crippen molar-refractivity contribution in [2.24, 2.45) is 23.7 Å². The van der Waals surface area contributed by atoms with Crippen molar-refractivity contribution in [1.82, 2.24) is 4.90 Å². The summed E-state index contributed by atoms with van der Waals surface area (Å²) in [4.78, 5) is 15.7. The maximum atomic E-state index is 13.8. The summed E-state index contributed by atoms with van der Waals surface area (Å²) in [7, 11) is 0. The van der Waals surface area contributed by atoms with Gasteiger partial charge in [0.1, 0.15) is 5.82 Å². The summed E-state index contributed by atoms with van der Waals surface area (Å²) in [6, 6.07) is 17.4. The van der Waals surface area contributed by atoms with E-state index in [2.05, 4.69) is 12.1 Å². The quantitative estimate of drug-likeness (QED) is 0.566. The molecule has 5 fully saturated rings. The van der Waals surface area contributed by atoms with Gasteiger partial charge in [-0.3, -0.25) is 4.79 Å². The Hall–Kier alpha value is -2.20. The summed E-state index contributed by atoms with van der Waals surface area (Å²) in [5, 5.41) is 0. The second-order valence-electron chi connectivity index (χ2n) is 11.1. The maximum Gasteiger partial charge on any atom is 0.223 e. The molecule has 2 aromatic rings. The van der Waals surface area contributed by atoms with E-state index in [4.69, 9.17) is 4.74 Å². The number of carbonyl (C=O) groups is 1. The van der Waals surface area contributed by atoms with Gasteiger partial charge in [-0.05, 0) is 85.5 Å². The Morgan fingerprint density at radius 2 is 1.61 bits per heavy atom. The summed E-state index contributed by atoms with van der Waals surface area (Å²) >= 11 is 0. The lowest BCUT2D eigenvalue weighted by Crippen LogP contribution is -2.57. The fourth-order valence-electron chi connectivity index (χ4n) is 7.89. The Bertz CT molecular complexity index is 960. The fourth-order valence-corrected chi connectivity index (χ4v) is 7.89. The van der Waals surface area contributed by atoms with Gasteiger partial charge in [-0.25, -0.2) is 4.39 Å². The highest BCUT2D eigenvalue weighted by Gasteiger charge is 2.58. The minimum absolute atomic E-state index is 0.106. The summed E-state index contributed by atoms with van der Waals surface area (Å²) in [5.74, 6) is 2.84. The van der Waals surface area contributed by atoms with E-state index in [0.717, 1.165) is 24.8 Å². The van der Waals surface area contributed by atoms with Crippen molar-refractivity contribution in [3.63, 3.8) is 0 Å². The smallest absolute Gasteiger partial charge is 0.223 e. The van der Waals surface area contributed by atoms with Gasteiger partial charge in [-0.1, -0.05) is 42.5 Å². The number of hydrogen-bond donors (Lipinski definition) is 0. The first kappa shape index (κ1) is 21.3. The number of benzene rings is 2. The monoisotopic (exact) mass is 447 g/mol. The van der Waals surface area contributed by atoms with Crippen molar-refractivity contribution < 1.29 is 13.9 Å². The van der Waals surface area contributed by atoms with Crippen LogP contribution in [0.5, 0.6) is 0 Å². The summed E-state index contributed by atoms with van der Waals surface area (Å²) < 4.78 is 19.9. The zero-order valence-electron chi connectivity index (χ0n) is 19.3. The molecule has 0 aromatic heterocycles. The highest BCUT2D eigenvalue weighted by Crippen LogP contribution is 2.64. The minimum Gasteiger partial charge on any atom is -0.372 e. The van der Waals surface area contributed by atoms with E-state index in [1.54, 1.807) is 12.1 Å². The molecule has 4 bridgehead atoms. The van der Waals surface area contributed by atoms with Crippen LogP contribution >= 0.6 is 0 Å². The van der Waals surface area contributed by atoms with Gasteiger partial charge in [0, 0.05) is 24.9 Å². The predicted molar refractivity (Wildman–Crippen MR) is 126 cm³/mol. The van der Waals surface area contributed by atoms with Crippen molar-refractivity contribution in [3.8, 4) is 0 Å². The molecule has 1 aliphatic heterocycles. The molecule has 1 unspecified atom stereocenters. The third-order valence-corrected chi connectivity index (χ3v) is 9.25. The zero-order chi connectivity index (χ0) is 22.4. The van der Waals surface area contributed by atoms with Crippen molar-refractivity contribution in [2.45, 2.75) is 63.1 Å². The second kappa shape index (κ2) is 8.54. The average molecular weight is 448 g/mol. The minimum atomic E-state index is -0.193. The van der Waals surface area contributed by atoms with Crippen LogP contribution in [0.2, 0.25) is 0 Å². The van der Waals surface area contributed by atoms with E-state index in [1.807, 2.05) is 35.2 Å². The van der Waals surface area contributed by atoms with Crippen molar-refractivity contribution in [3.05, 3.63) is 71.5 Å². The predicted octanol–water partition coefficient (Wildman–Crippen LogP) is 5.73. The molecule has 174 valence electrons. The topological polar surface area (TPSA) is 29.5 Å². The normalized spacial score (nSPS) is 34.7. The molecule has 33 heavy (non-hydrogen) atoms. The van der Waals surface area contributed by atoms with E-state index in [9.17, 15) is 9.18 Å². The Balaban J connectivity index is 1.18. The van der Waals surface area contributed by atoms with Crippen LogP contribution in [0.15, 0.2) is 54.6 Å². The van der Waals surface area contributed by atoms with Gasteiger partial charge in [0.15, 0.2) is 0 Å². The van der Waals surface area contributed by atoms with Crippen LogP contribution in [0.3, 0.4) is 0 Å². The van der Waals surface area contributed by atoms with Gasteiger partial charge in [-0.15, -0.1) is 0 Å². The molecule has 1 amide bonds. The fraction of sp³-hybridized carbons (Fsp3) is 0.552. The number of halogens is 1. The van der Waals surface area contributed by atoms with Crippen LogP contribution < -0.4 is 0 Å². The highest BCUT2D eigenvalue weighted by molar-refractivity contribution is 5.78. The number of hydrogen-bond acceptors (Lipinski definition) is 2. The molecule has 3 nitrogen and oxygen atoms in total. The van der Waals surface area contributed by atoms with Crippen molar-refractivity contribution in [2.75, 3.05) is 13.1 Å². The molecule has 4 saturated carbocycles. The van der Waals surface area contributed by atoms with Crippen LogP contribution in [-0.2, 0) is 21.6 Å². The van der Waals surface area contributed by atoms with Gasteiger partial charge in [0.05, 0.1) is 12.7 Å². The maximum absolute atomic E-state index is 13.8. The van der Waals surface area contributed by atoms with Gasteiger partial charge in [-0.2, -0.15) is 0 Å². The first-order valence-electron chi connectivity index (χ1n) is 12.8. The number of amides is 1. The van der Waals surface area contributed by atoms with E-state index in [-0.39, 0.29) is 23.2 Å². The molecule has 1 atom stereocenters. The molecule has 1 saturated heterocycles. The van der Waals surface area contributed by atoms with Crippen LogP contribution in [0.4, 0.5) is 4.39 Å². The lowest BCUT2D eigenvalue weighted by atomic mass is 9.43. The number of ether oxygens (including phenoxy) is 1. The third kappa shape index (κ3) is 3.90. The van der Waals surface area contributed by atoms with Gasteiger partial charge >= 0.3 is 0 Å². The molecule has 2 aromatic carbocycles. The molecule has 7 rings (SSSR count). The Morgan fingerprint density at radius 1 is 0.939 bits per heavy atom. The molecular formula is C29H34FNO2. The van der Waals surface area contributed by atoms with E-state index >= 15 is 0 Å². The van der Waals surface area contributed by atoms with Gasteiger partial charge < -0.3 is 9.64 Å².